The molecule has 1 atom stereocenters. The van der Waals surface area contributed by atoms with Crippen molar-refractivity contribution in [3.63, 3.8) is 0 Å². The molecule has 0 saturated heterocycles. The molecule has 2 heterocycles. The third-order valence-corrected chi connectivity index (χ3v) is 3.47. The van der Waals surface area contributed by atoms with Crippen molar-refractivity contribution in [2.24, 2.45) is 7.05 Å². The van der Waals surface area contributed by atoms with Crippen LogP contribution < -0.4 is 0 Å². The van der Waals surface area contributed by atoms with Crippen molar-refractivity contribution < 1.29 is 5.11 Å². The van der Waals surface area contributed by atoms with Gasteiger partial charge in [-0.15, -0.1) is 0 Å². The largest absolute Gasteiger partial charge is 0.386 e. The average molecular weight is 260 g/mol. The fourth-order valence-corrected chi connectivity index (χ4v) is 2.44. The number of aryl methyl sites for hydroxylation is 1. The molecule has 0 fully saturated rings. The Labute approximate surface area is 108 Å². The minimum atomic E-state index is -0.653. The lowest BCUT2D eigenvalue weighted by Gasteiger charge is -2.07. The van der Waals surface area contributed by atoms with Crippen molar-refractivity contribution in [3.8, 4) is 0 Å². The Kier molecular flexibility index (Phi) is 2.81. The fraction of sp³-hybridized carbons (Fsp3) is 0.250. The van der Waals surface area contributed by atoms with Gasteiger partial charge in [0.1, 0.15) is 17.6 Å². The van der Waals surface area contributed by atoms with Crippen LogP contribution in [-0.4, -0.2) is 23.4 Å². The topological polar surface area (TPSA) is 63.8 Å². The summed E-state index contributed by atoms with van der Waals surface area (Å²) < 4.78 is 9.93. The Morgan fingerprint density at radius 3 is 2.94 bits per heavy atom. The highest BCUT2D eigenvalue weighted by Crippen LogP contribution is 2.20. The van der Waals surface area contributed by atoms with Crippen LogP contribution in [0.3, 0.4) is 0 Å². The number of para-hydroxylation sites is 2. The van der Waals surface area contributed by atoms with Crippen molar-refractivity contribution in [3.05, 3.63) is 42.0 Å². The summed E-state index contributed by atoms with van der Waals surface area (Å²) in [6.07, 6.45) is 1.38. The summed E-state index contributed by atoms with van der Waals surface area (Å²) in [5, 5.41) is 10.1. The number of rotatable bonds is 3. The van der Waals surface area contributed by atoms with E-state index in [1.165, 1.54) is 0 Å². The first-order chi connectivity index (χ1) is 8.75. The maximum atomic E-state index is 10.1. The summed E-state index contributed by atoms with van der Waals surface area (Å²) in [4.78, 5) is 4.52. The number of benzene rings is 1. The van der Waals surface area contributed by atoms with Gasteiger partial charge in [-0.2, -0.15) is 8.75 Å². The Bertz CT molecular complexity index is 662. The molecule has 0 aliphatic heterocycles. The van der Waals surface area contributed by atoms with E-state index in [4.69, 9.17) is 0 Å². The van der Waals surface area contributed by atoms with E-state index in [-0.39, 0.29) is 0 Å². The van der Waals surface area contributed by atoms with Crippen molar-refractivity contribution >= 4 is 22.8 Å². The van der Waals surface area contributed by atoms with Gasteiger partial charge in [0, 0.05) is 13.5 Å². The van der Waals surface area contributed by atoms with Crippen molar-refractivity contribution in [1.82, 2.24) is 18.3 Å². The molecule has 18 heavy (non-hydrogen) atoms. The summed E-state index contributed by atoms with van der Waals surface area (Å²) in [6.45, 7) is 0. The zero-order valence-corrected chi connectivity index (χ0v) is 10.6. The third-order valence-electron chi connectivity index (χ3n) is 2.98. The van der Waals surface area contributed by atoms with Crippen molar-refractivity contribution in [1.29, 1.82) is 0 Å². The van der Waals surface area contributed by atoms with E-state index in [1.807, 2.05) is 35.9 Å². The molecule has 1 unspecified atom stereocenters. The molecule has 6 heteroatoms. The van der Waals surface area contributed by atoms with Gasteiger partial charge in [-0.1, -0.05) is 12.1 Å². The Morgan fingerprint density at radius 1 is 1.39 bits per heavy atom. The van der Waals surface area contributed by atoms with E-state index < -0.39 is 6.10 Å². The Hall–Kier alpha value is -1.79. The number of hydrogen-bond acceptors (Lipinski definition) is 5. The van der Waals surface area contributed by atoms with Crippen LogP contribution in [-0.2, 0) is 13.5 Å². The van der Waals surface area contributed by atoms with Gasteiger partial charge in [0.15, 0.2) is 0 Å². The number of fused-ring (bicyclic) bond motifs is 1. The van der Waals surface area contributed by atoms with Gasteiger partial charge in [-0.05, 0) is 12.1 Å². The third kappa shape index (κ3) is 1.89. The monoisotopic (exact) mass is 260 g/mol. The lowest BCUT2D eigenvalue weighted by atomic mass is 10.2. The van der Waals surface area contributed by atoms with Crippen molar-refractivity contribution in [2.45, 2.75) is 12.5 Å². The van der Waals surface area contributed by atoms with Crippen LogP contribution in [0.25, 0.3) is 11.0 Å². The number of aliphatic hydroxyl groups is 1. The van der Waals surface area contributed by atoms with E-state index in [0.717, 1.165) is 28.6 Å². The average Bonchev–Trinajstić information content (AvgIpc) is 3.00. The van der Waals surface area contributed by atoms with Gasteiger partial charge in [0.05, 0.1) is 29.0 Å². The van der Waals surface area contributed by atoms with Gasteiger partial charge in [-0.3, -0.25) is 0 Å². The molecule has 0 aliphatic rings. The molecule has 1 N–H and O–H groups in total. The Morgan fingerprint density at radius 2 is 2.22 bits per heavy atom. The normalized spacial score (nSPS) is 13.0. The lowest BCUT2D eigenvalue weighted by Crippen LogP contribution is -2.07. The maximum absolute atomic E-state index is 10.1. The van der Waals surface area contributed by atoms with Crippen LogP contribution >= 0.6 is 11.7 Å². The van der Waals surface area contributed by atoms with Crippen LogP contribution in [0.15, 0.2) is 30.5 Å². The molecule has 1 aromatic carbocycles. The molecule has 0 amide bonds. The SMILES string of the molecule is Cn1c(CC(O)c2cnsn2)nc2ccccc21. The maximum Gasteiger partial charge on any atom is 0.112 e. The molecular formula is C12H12N4OS. The second kappa shape index (κ2) is 4.47. The van der Waals surface area contributed by atoms with Gasteiger partial charge in [-0.25, -0.2) is 4.98 Å². The van der Waals surface area contributed by atoms with Gasteiger partial charge in [0.25, 0.3) is 0 Å². The second-order valence-electron chi connectivity index (χ2n) is 4.13. The predicted octanol–water partition coefficient (Wildman–Crippen LogP) is 1.70. The summed E-state index contributed by atoms with van der Waals surface area (Å²) in [5.74, 6) is 0.844. The van der Waals surface area contributed by atoms with Gasteiger partial charge >= 0.3 is 0 Å². The van der Waals surface area contributed by atoms with E-state index in [9.17, 15) is 5.11 Å². The molecule has 0 spiro atoms. The van der Waals surface area contributed by atoms with Crippen molar-refractivity contribution in [2.75, 3.05) is 0 Å². The van der Waals surface area contributed by atoms with E-state index >= 15 is 0 Å². The first kappa shape index (κ1) is 11.3. The number of hydrogen-bond donors (Lipinski definition) is 1. The van der Waals surface area contributed by atoms with Crippen LogP contribution in [0.5, 0.6) is 0 Å². The van der Waals surface area contributed by atoms with E-state index in [2.05, 4.69) is 13.7 Å². The standard InChI is InChI=1S/C12H12N4OS/c1-16-10-5-3-2-4-8(10)14-12(16)6-11(17)9-7-13-18-15-9/h2-5,7,11,17H,6H2,1H3. The van der Waals surface area contributed by atoms with E-state index in [1.54, 1.807) is 6.20 Å². The number of aromatic nitrogens is 4. The zero-order chi connectivity index (χ0) is 12.5. The van der Waals surface area contributed by atoms with Crippen LogP contribution in [0.2, 0.25) is 0 Å². The minimum Gasteiger partial charge on any atom is -0.386 e. The molecule has 3 aromatic rings. The number of imidazole rings is 1. The smallest absolute Gasteiger partial charge is 0.112 e. The lowest BCUT2D eigenvalue weighted by molar-refractivity contribution is 0.171. The molecule has 92 valence electrons. The van der Waals surface area contributed by atoms with Crippen LogP contribution in [0.1, 0.15) is 17.6 Å². The summed E-state index contributed by atoms with van der Waals surface area (Å²) in [7, 11) is 1.96. The molecule has 3 rings (SSSR count). The number of aliphatic hydroxyl groups excluding tert-OH is 1. The quantitative estimate of drug-likeness (QED) is 0.778. The van der Waals surface area contributed by atoms with Gasteiger partial charge < -0.3 is 9.67 Å². The highest BCUT2D eigenvalue weighted by atomic mass is 32.1. The summed E-state index contributed by atoms with van der Waals surface area (Å²) in [6, 6.07) is 7.92. The van der Waals surface area contributed by atoms with Crippen LogP contribution in [0, 0.1) is 0 Å². The van der Waals surface area contributed by atoms with E-state index in [0.29, 0.717) is 12.1 Å². The molecule has 0 aliphatic carbocycles. The second-order valence-corrected chi connectivity index (χ2v) is 4.68. The molecule has 0 saturated carbocycles. The Balaban J connectivity index is 1.93. The first-order valence-electron chi connectivity index (χ1n) is 5.61. The summed E-state index contributed by atoms with van der Waals surface area (Å²) in [5.41, 5.74) is 2.61. The van der Waals surface area contributed by atoms with Crippen LogP contribution in [0.4, 0.5) is 0 Å². The minimum absolute atomic E-state index is 0.441. The molecule has 0 radical (unpaired) electrons. The molecule has 0 bridgehead atoms. The predicted molar refractivity (Wildman–Crippen MR) is 69.3 cm³/mol. The highest BCUT2D eigenvalue weighted by molar-refractivity contribution is 6.99. The zero-order valence-electron chi connectivity index (χ0n) is 9.82. The fourth-order valence-electron chi connectivity index (χ4n) is 1.97. The number of nitrogens with zero attached hydrogens (tertiary/aromatic N) is 4. The summed E-state index contributed by atoms with van der Waals surface area (Å²) >= 11 is 1.10. The molecule has 2 aromatic heterocycles. The highest BCUT2D eigenvalue weighted by Gasteiger charge is 2.15. The molecule has 5 nitrogen and oxygen atoms in total. The first-order valence-corrected chi connectivity index (χ1v) is 6.34. The van der Waals surface area contributed by atoms with Gasteiger partial charge in [0.2, 0.25) is 0 Å². The molecular weight excluding hydrogens is 248 g/mol.